The Bertz CT molecular complexity index is 945. The molecule has 0 atom stereocenters. The maximum Gasteiger partial charge on any atom is 0.247 e. The molecule has 0 aliphatic heterocycles. The molecule has 0 spiro atoms. The van der Waals surface area contributed by atoms with Gasteiger partial charge in [-0.25, -0.2) is 17.6 Å². The van der Waals surface area contributed by atoms with E-state index in [0.29, 0.717) is 5.02 Å². The lowest BCUT2D eigenvalue weighted by atomic mass is 10.2. The molecule has 2 heterocycles. The van der Waals surface area contributed by atoms with Crippen LogP contribution in [0.25, 0.3) is 0 Å². The van der Waals surface area contributed by atoms with Gasteiger partial charge in [0.2, 0.25) is 5.91 Å². The summed E-state index contributed by atoms with van der Waals surface area (Å²) in [6, 6.07) is 1.49. The Labute approximate surface area is 149 Å². The lowest BCUT2D eigenvalue weighted by molar-refractivity contribution is -0.116. The number of amides is 1. The Morgan fingerprint density at radius 3 is 2.46 bits per heavy atom. The smallest absolute Gasteiger partial charge is 0.247 e. The number of hydrogen-bond donors (Lipinski definition) is 1. The van der Waals surface area contributed by atoms with E-state index < -0.39 is 41.3 Å². The number of carbonyl (C=O) groups is 1. The third kappa shape index (κ3) is 3.85. The molecular weight excluding hydrogens is 378 g/mol. The van der Waals surface area contributed by atoms with Crippen molar-refractivity contribution in [3.8, 4) is 0 Å². The zero-order chi connectivity index (χ0) is 18.8. The molecule has 2 aromatic heterocycles. The second-order valence-corrected chi connectivity index (χ2v) is 5.69. The number of aromatic nitrogens is 4. The number of rotatable bonds is 5. The molecule has 1 aromatic carbocycles. The highest BCUT2D eigenvalue weighted by molar-refractivity contribution is 6.30. The molecule has 0 unspecified atom stereocenters. The highest BCUT2D eigenvalue weighted by Crippen LogP contribution is 2.20. The maximum atomic E-state index is 13.7. The Kier molecular flexibility index (Phi) is 4.94. The van der Waals surface area contributed by atoms with Crippen molar-refractivity contribution in [1.82, 2.24) is 19.6 Å². The van der Waals surface area contributed by atoms with Gasteiger partial charge in [0.15, 0.2) is 29.1 Å². The lowest BCUT2D eigenvalue weighted by Gasteiger charge is -2.07. The first-order valence-electron chi connectivity index (χ1n) is 7.16. The quantitative estimate of drug-likeness (QED) is 0.541. The van der Waals surface area contributed by atoms with Crippen LogP contribution >= 0.6 is 11.6 Å². The number of hydrogen-bond acceptors (Lipinski definition) is 3. The van der Waals surface area contributed by atoms with Crippen molar-refractivity contribution < 1.29 is 22.4 Å². The zero-order valence-corrected chi connectivity index (χ0v) is 13.6. The maximum absolute atomic E-state index is 13.7. The molecule has 0 bridgehead atoms. The summed E-state index contributed by atoms with van der Waals surface area (Å²) in [6.45, 7) is -0.686. The van der Waals surface area contributed by atoms with Crippen LogP contribution in [0.5, 0.6) is 0 Å². The minimum Gasteiger partial charge on any atom is -0.308 e. The molecule has 136 valence electrons. The van der Waals surface area contributed by atoms with E-state index in [1.54, 1.807) is 0 Å². The van der Waals surface area contributed by atoms with Crippen molar-refractivity contribution in [2.24, 2.45) is 0 Å². The van der Waals surface area contributed by atoms with Crippen LogP contribution < -0.4 is 5.32 Å². The summed E-state index contributed by atoms with van der Waals surface area (Å²) in [5.41, 5.74) is -0.811. The molecule has 0 saturated heterocycles. The highest BCUT2D eigenvalue weighted by atomic mass is 35.5. The Hall–Kier alpha value is -2.88. The van der Waals surface area contributed by atoms with Crippen molar-refractivity contribution in [1.29, 1.82) is 0 Å². The van der Waals surface area contributed by atoms with E-state index in [4.69, 9.17) is 11.6 Å². The van der Waals surface area contributed by atoms with Crippen molar-refractivity contribution in [3.63, 3.8) is 0 Å². The van der Waals surface area contributed by atoms with Gasteiger partial charge in [-0.2, -0.15) is 10.2 Å². The van der Waals surface area contributed by atoms with Crippen LogP contribution in [-0.4, -0.2) is 25.5 Å². The van der Waals surface area contributed by atoms with Gasteiger partial charge in [0.05, 0.1) is 23.3 Å². The van der Waals surface area contributed by atoms with Crippen LogP contribution in [0.3, 0.4) is 0 Å². The number of anilines is 1. The summed E-state index contributed by atoms with van der Waals surface area (Å²) in [5.74, 6) is -6.38. The summed E-state index contributed by atoms with van der Waals surface area (Å²) in [5, 5.41) is 10.5. The zero-order valence-electron chi connectivity index (χ0n) is 12.9. The van der Waals surface area contributed by atoms with E-state index in [1.165, 1.54) is 29.3 Å². The number of nitrogens with zero attached hydrogens (tertiary/aromatic N) is 4. The van der Waals surface area contributed by atoms with E-state index in [1.807, 2.05) is 0 Å². The average Bonchev–Trinajstić information content (AvgIpc) is 3.18. The topological polar surface area (TPSA) is 64.7 Å². The van der Waals surface area contributed by atoms with Crippen LogP contribution in [-0.2, 0) is 17.9 Å². The first kappa shape index (κ1) is 17.9. The summed E-state index contributed by atoms with van der Waals surface area (Å²) in [4.78, 5) is 11.9. The van der Waals surface area contributed by atoms with E-state index in [0.717, 1.165) is 4.68 Å². The predicted octanol–water partition coefficient (Wildman–Crippen LogP) is 2.98. The number of benzene rings is 1. The number of nitrogens with one attached hydrogen (secondary N) is 1. The molecule has 1 amide bonds. The van der Waals surface area contributed by atoms with Crippen LogP contribution in [0, 0.1) is 23.3 Å². The van der Waals surface area contributed by atoms with Gasteiger partial charge in [0.1, 0.15) is 6.54 Å². The van der Waals surface area contributed by atoms with Crippen LogP contribution in [0.2, 0.25) is 5.02 Å². The van der Waals surface area contributed by atoms with E-state index in [2.05, 4.69) is 15.5 Å². The van der Waals surface area contributed by atoms with Crippen molar-refractivity contribution >= 4 is 23.3 Å². The number of halogens is 5. The first-order chi connectivity index (χ1) is 12.3. The molecule has 3 rings (SSSR count). The molecule has 26 heavy (non-hydrogen) atoms. The van der Waals surface area contributed by atoms with E-state index >= 15 is 0 Å². The first-order valence-corrected chi connectivity index (χ1v) is 7.54. The van der Waals surface area contributed by atoms with Crippen LogP contribution in [0.15, 0.2) is 30.7 Å². The normalized spacial score (nSPS) is 11.0. The molecule has 11 heteroatoms. The van der Waals surface area contributed by atoms with Crippen molar-refractivity contribution in [3.05, 3.63) is 64.6 Å². The van der Waals surface area contributed by atoms with Crippen LogP contribution in [0.4, 0.5) is 23.4 Å². The fourth-order valence-electron chi connectivity index (χ4n) is 2.19. The molecule has 6 nitrogen and oxygen atoms in total. The van der Waals surface area contributed by atoms with Gasteiger partial charge in [-0.1, -0.05) is 11.6 Å². The SMILES string of the molecule is O=C(Cn1cc(Cl)cn1)Nc1ccn(Cc2c(F)c(F)cc(F)c2F)n1. The Morgan fingerprint density at radius 2 is 1.85 bits per heavy atom. The van der Waals surface area contributed by atoms with Gasteiger partial charge in [0, 0.05) is 24.5 Å². The predicted molar refractivity (Wildman–Crippen MR) is 83.5 cm³/mol. The van der Waals surface area contributed by atoms with Crippen molar-refractivity contribution in [2.75, 3.05) is 5.32 Å². The second-order valence-electron chi connectivity index (χ2n) is 5.25. The van der Waals surface area contributed by atoms with Gasteiger partial charge >= 0.3 is 0 Å². The molecule has 0 fully saturated rings. The van der Waals surface area contributed by atoms with E-state index in [-0.39, 0.29) is 18.4 Å². The van der Waals surface area contributed by atoms with Gasteiger partial charge < -0.3 is 5.32 Å². The number of carbonyl (C=O) groups excluding carboxylic acids is 1. The molecule has 0 aliphatic carbocycles. The molecule has 0 aliphatic rings. The third-order valence-corrected chi connectivity index (χ3v) is 3.53. The third-order valence-electron chi connectivity index (χ3n) is 3.34. The second kappa shape index (κ2) is 7.16. The summed E-state index contributed by atoms with van der Waals surface area (Å²) in [6.07, 6.45) is 4.11. The van der Waals surface area contributed by atoms with Gasteiger partial charge in [-0.05, 0) is 0 Å². The minimum absolute atomic E-state index is 0.0888. The van der Waals surface area contributed by atoms with Gasteiger partial charge in [0.25, 0.3) is 0 Å². The fourth-order valence-corrected chi connectivity index (χ4v) is 2.35. The lowest BCUT2D eigenvalue weighted by Crippen LogP contribution is -2.19. The van der Waals surface area contributed by atoms with E-state index in [9.17, 15) is 22.4 Å². The molecule has 1 N–H and O–H groups in total. The summed E-state index contributed by atoms with van der Waals surface area (Å²) < 4.78 is 56.1. The molecule has 0 radical (unpaired) electrons. The van der Waals surface area contributed by atoms with Gasteiger partial charge in [-0.15, -0.1) is 0 Å². The van der Waals surface area contributed by atoms with Crippen molar-refractivity contribution in [2.45, 2.75) is 13.1 Å². The Morgan fingerprint density at radius 1 is 1.15 bits per heavy atom. The standard InChI is InChI=1S/C15H10ClF4N5O/c16-8-4-21-25(5-8)7-13(26)22-12-1-2-24(23-12)6-9-14(19)10(17)3-11(18)15(9)20/h1-5H,6-7H2,(H,22,23,26). The molecule has 0 saturated carbocycles. The largest absolute Gasteiger partial charge is 0.308 e. The average molecular weight is 388 g/mol. The summed E-state index contributed by atoms with van der Waals surface area (Å²) in [7, 11) is 0. The van der Waals surface area contributed by atoms with Gasteiger partial charge in [-0.3, -0.25) is 14.2 Å². The summed E-state index contributed by atoms with van der Waals surface area (Å²) >= 11 is 5.69. The molecule has 3 aromatic rings. The fraction of sp³-hybridized carbons (Fsp3) is 0.133. The van der Waals surface area contributed by atoms with Crippen LogP contribution in [0.1, 0.15) is 5.56 Å². The molecular formula is C15H10ClF4N5O. The Balaban J connectivity index is 1.70. The minimum atomic E-state index is -1.50. The monoisotopic (exact) mass is 387 g/mol. The highest BCUT2D eigenvalue weighted by Gasteiger charge is 2.19.